The minimum Gasteiger partial charge on any atom is -0.444 e. The molecule has 2 aromatic rings. The van der Waals surface area contributed by atoms with Crippen LogP contribution in [0.15, 0.2) is 48.7 Å². The Labute approximate surface area is 142 Å². The van der Waals surface area contributed by atoms with Gasteiger partial charge >= 0.3 is 6.09 Å². The summed E-state index contributed by atoms with van der Waals surface area (Å²) < 4.78 is 11.0. The molecule has 1 saturated heterocycles. The Hall–Kier alpha value is -2.56. The van der Waals surface area contributed by atoms with Crippen molar-refractivity contribution >= 4 is 6.09 Å². The van der Waals surface area contributed by atoms with Crippen molar-refractivity contribution in [3.8, 4) is 11.6 Å². The molecule has 0 atom stereocenters. The van der Waals surface area contributed by atoms with Crippen LogP contribution in [0.4, 0.5) is 4.79 Å². The molecule has 24 heavy (non-hydrogen) atoms. The Morgan fingerprint density at radius 3 is 2.42 bits per heavy atom. The van der Waals surface area contributed by atoms with Gasteiger partial charge in [0.15, 0.2) is 0 Å². The van der Waals surface area contributed by atoms with Crippen molar-refractivity contribution in [1.82, 2.24) is 9.88 Å². The van der Waals surface area contributed by atoms with Gasteiger partial charge < -0.3 is 14.4 Å². The molecule has 1 amide bonds. The highest BCUT2D eigenvalue weighted by Crippen LogP contribution is 2.29. The smallest absolute Gasteiger partial charge is 0.410 e. The van der Waals surface area contributed by atoms with Gasteiger partial charge in [-0.2, -0.15) is 0 Å². The quantitative estimate of drug-likeness (QED) is 0.848. The van der Waals surface area contributed by atoms with Gasteiger partial charge in [0.1, 0.15) is 11.4 Å². The van der Waals surface area contributed by atoms with Crippen LogP contribution in [0.2, 0.25) is 0 Å². The fraction of sp³-hybridized carbons (Fsp3) is 0.368. The lowest BCUT2D eigenvalue weighted by Crippen LogP contribution is -2.50. The van der Waals surface area contributed by atoms with Crippen LogP contribution in [0.25, 0.3) is 0 Å². The second-order valence-corrected chi connectivity index (χ2v) is 6.93. The number of aromatic nitrogens is 1. The van der Waals surface area contributed by atoms with E-state index < -0.39 is 5.60 Å². The topological polar surface area (TPSA) is 51.7 Å². The molecule has 5 heteroatoms. The summed E-state index contributed by atoms with van der Waals surface area (Å²) in [4.78, 5) is 18.0. The van der Waals surface area contributed by atoms with Crippen LogP contribution in [-0.4, -0.2) is 34.7 Å². The molecule has 0 radical (unpaired) electrons. The number of carbonyl (C=O) groups is 1. The summed E-state index contributed by atoms with van der Waals surface area (Å²) in [6, 6.07) is 13.4. The fourth-order valence-electron chi connectivity index (χ4n) is 2.47. The molecule has 1 fully saturated rings. The van der Waals surface area contributed by atoms with Crippen molar-refractivity contribution in [2.75, 3.05) is 13.1 Å². The Morgan fingerprint density at radius 2 is 1.83 bits per heavy atom. The number of hydrogen-bond donors (Lipinski definition) is 0. The minimum absolute atomic E-state index is 0.254. The van der Waals surface area contributed by atoms with Crippen molar-refractivity contribution in [3.05, 3.63) is 54.2 Å². The summed E-state index contributed by atoms with van der Waals surface area (Å²) in [6.07, 6.45) is 1.56. The SMILES string of the molecule is CC(C)(C)OC(=O)N1CC(c2ccc(Oc3ccccc3)nc2)C1. The third-order valence-electron chi connectivity index (χ3n) is 3.73. The minimum atomic E-state index is -0.458. The molecule has 0 aliphatic carbocycles. The van der Waals surface area contributed by atoms with E-state index in [1.165, 1.54) is 0 Å². The summed E-state index contributed by atoms with van der Waals surface area (Å²) in [5.41, 5.74) is 0.649. The maximum Gasteiger partial charge on any atom is 0.410 e. The monoisotopic (exact) mass is 326 g/mol. The number of rotatable bonds is 3. The third-order valence-corrected chi connectivity index (χ3v) is 3.73. The highest BCUT2D eigenvalue weighted by atomic mass is 16.6. The van der Waals surface area contributed by atoms with Gasteiger partial charge in [0.2, 0.25) is 5.88 Å². The first-order chi connectivity index (χ1) is 11.4. The number of hydrogen-bond acceptors (Lipinski definition) is 4. The highest BCUT2D eigenvalue weighted by Gasteiger charge is 2.34. The maximum absolute atomic E-state index is 11.9. The van der Waals surface area contributed by atoms with E-state index in [-0.39, 0.29) is 6.09 Å². The molecule has 2 heterocycles. The summed E-state index contributed by atoms with van der Waals surface area (Å²) in [6.45, 7) is 6.94. The molecular weight excluding hydrogens is 304 g/mol. The Balaban J connectivity index is 1.53. The number of nitrogens with zero attached hydrogens (tertiary/aromatic N) is 2. The molecule has 0 spiro atoms. The normalized spacial score (nSPS) is 14.9. The van der Waals surface area contributed by atoms with E-state index in [1.54, 1.807) is 4.90 Å². The maximum atomic E-state index is 11.9. The lowest BCUT2D eigenvalue weighted by atomic mass is 9.93. The van der Waals surface area contributed by atoms with E-state index in [2.05, 4.69) is 4.98 Å². The van der Waals surface area contributed by atoms with Crippen molar-refractivity contribution in [2.45, 2.75) is 32.3 Å². The Kier molecular flexibility index (Phi) is 4.42. The van der Waals surface area contributed by atoms with Gasteiger partial charge in [0, 0.05) is 31.3 Å². The standard InChI is InChI=1S/C19H22N2O3/c1-19(2,3)24-18(22)21-12-15(13-21)14-9-10-17(20-11-14)23-16-7-5-4-6-8-16/h4-11,15H,12-13H2,1-3H3. The molecule has 5 nitrogen and oxygen atoms in total. The van der Waals surface area contributed by atoms with Crippen LogP contribution in [0.3, 0.4) is 0 Å². The number of likely N-dealkylation sites (tertiary alicyclic amines) is 1. The third kappa shape index (κ3) is 4.04. The van der Waals surface area contributed by atoms with Gasteiger partial charge in [-0.1, -0.05) is 24.3 Å². The molecule has 1 aliphatic rings. The van der Waals surface area contributed by atoms with Crippen LogP contribution >= 0.6 is 0 Å². The first-order valence-corrected chi connectivity index (χ1v) is 8.07. The van der Waals surface area contributed by atoms with E-state index >= 15 is 0 Å². The van der Waals surface area contributed by atoms with Crippen LogP contribution in [0, 0.1) is 0 Å². The number of carbonyl (C=O) groups excluding carboxylic acids is 1. The first-order valence-electron chi connectivity index (χ1n) is 8.07. The van der Waals surface area contributed by atoms with Gasteiger partial charge in [-0.15, -0.1) is 0 Å². The average Bonchev–Trinajstić information content (AvgIpc) is 2.47. The molecule has 1 aromatic carbocycles. The molecule has 1 aromatic heterocycles. The molecule has 0 saturated carbocycles. The van der Waals surface area contributed by atoms with Crippen molar-refractivity contribution < 1.29 is 14.3 Å². The number of amides is 1. The molecule has 1 aliphatic heterocycles. The predicted molar refractivity (Wildman–Crippen MR) is 91.3 cm³/mol. The summed E-state index contributed by atoms with van der Waals surface area (Å²) in [5.74, 6) is 1.63. The first kappa shape index (κ1) is 16.3. The van der Waals surface area contributed by atoms with Gasteiger partial charge in [0.25, 0.3) is 0 Å². The van der Waals surface area contributed by atoms with Gasteiger partial charge in [-0.3, -0.25) is 0 Å². The van der Waals surface area contributed by atoms with Gasteiger partial charge in [0.05, 0.1) is 0 Å². The largest absolute Gasteiger partial charge is 0.444 e. The number of benzene rings is 1. The second kappa shape index (κ2) is 6.51. The summed E-state index contributed by atoms with van der Waals surface area (Å²) in [7, 11) is 0. The summed E-state index contributed by atoms with van der Waals surface area (Å²) >= 11 is 0. The summed E-state index contributed by atoms with van der Waals surface area (Å²) in [5, 5.41) is 0. The highest BCUT2D eigenvalue weighted by molar-refractivity contribution is 5.69. The van der Waals surface area contributed by atoms with Crippen molar-refractivity contribution in [1.29, 1.82) is 0 Å². The molecule has 0 unspecified atom stereocenters. The van der Waals surface area contributed by atoms with Crippen LogP contribution < -0.4 is 4.74 Å². The number of ether oxygens (including phenoxy) is 2. The Morgan fingerprint density at radius 1 is 1.12 bits per heavy atom. The fourth-order valence-corrected chi connectivity index (χ4v) is 2.47. The van der Waals surface area contributed by atoms with E-state index in [9.17, 15) is 4.79 Å². The van der Waals surface area contributed by atoms with Gasteiger partial charge in [-0.25, -0.2) is 9.78 Å². The second-order valence-electron chi connectivity index (χ2n) is 6.93. The zero-order chi connectivity index (χ0) is 17.2. The Bertz CT molecular complexity index is 687. The molecule has 3 rings (SSSR count). The van der Waals surface area contributed by atoms with E-state index in [0.29, 0.717) is 24.9 Å². The molecular formula is C19H22N2O3. The number of pyridine rings is 1. The van der Waals surface area contributed by atoms with Crippen molar-refractivity contribution in [3.63, 3.8) is 0 Å². The zero-order valence-electron chi connectivity index (χ0n) is 14.2. The average molecular weight is 326 g/mol. The van der Waals surface area contributed by atoms with E-state index in [4.69, 9.17) is 9.47 Å². The van der Waals surface area contributed by atoms with Crippen LogP contribution in [-0.2, 0) is 4.74 Å². The lowest BCUT2D eigenvalue weighted by molar-refractivity contribution is 0.00816. The van der Waals surface area contributed by atoms with E-state index in [1.807, 2.05) is 69.4 Å². The number of para-hydroxylation sites is 1. The molecule has 0 bridgehead atoms. The van der Waals surface area contributed by atoms with Crippen LogP contribution in [0.5, 0.6) is 11.6 Å². The van der Waals surface area contributed by atoms with E-state index in [0.717, 1.165) is 11.3 Å². The molecule has 0 N–H and O–H groups in total. The van der Waals surface area contributed by atoms with Crippen LogP contribution in [0.1, 0.15) is 32.3 Å². The van der Waals surface area contributed by atoms with Crippen molar-refractivity contribution in [2.24, 2.45) is 0 Å². The predicted octanol–water partition coefficient (Wildman–Crippen LogP) is 4.21. The zero-order valence-corrected chi connectivity index (χ0v) is 14.2. The van der Waals surface area contributed by atoms with Gasteiger partial charge in [-0.05, 0) is 38.5 Å². The molecule has 126 valence electrons. The lowest BCUT2D eigenvalue weighted by Gasteiger charge is -2.39.